The summed E-state index contributed by atoms with van der Waals surface area (Å²) in [6.45, 7) is 1.70. The van der Waals surface area contributed by atoms with Gasteiger partial charge in [0, 0.05) is 6.07 Å². The fourth-order valence-corrected chi connectivity index (χ4v) is 5.71. The molecule has 31 heavy (non-hydrogen) atoms. The Morgan fingerprint density at radius 2 is 1.68 bits per heavy atom. The number of sulfonamides is 2. The highest BCUT2D eigenvalue weighted by atomic mass is 35.5. The van der Waals surface area contributed by atoms with Crippen molar-refractivity contribution in [1.82, 2.24) is 0 Å². The Hall–Kier alpha value is -2.25. The SMILES string of the molecule is CCOC(=O)c1coc(S(=O)(=O)Nc2cc(Cl)c(Cl)cc2NS(=O)(=O)c2cccs2)c1. The molecule has 9 nitrogen and oxygen atoms in total. The summed E-state index contributed by atoms with van der Waals surface area (Å²) in [5.41, 5.74) is -0.470. The van der Waals surface area contributed by atoms with Gasteiger partial charge in [0.25, 0.3) is 20.0 Å². The van der Waals surface area contributed by atoms with Crippen LogP contribution >= 0.6 is 34.5 Å². The van der Waals surface area contributed by atoms with Gasteiger partial charge in [-0.25, -0.2) is 13.2 Å². The van der Waals surface area contributed by atoms with Crippen LogP contribution in [0.3, 0.4) is 0 Å². The maximum atomic E-state index is 12.7. The van der Waals surface area contributed by atoms with Gasteiger partial charge in [-0.15, -0.1) is 11.3 Å². The van der Waals surface area contributed by atoms with Crippen molar-refractivity contribution in [3.63, 3.8) is 0 Å². The normalized spacial score (nSPS) is 11.8. The third-order valence-corrected chi connectivity index (χ3v) is 8.38. The lowest BCUT2D eigenvalue weighted by Gasteiger charge is -2.14. The summed E-state index contributed by atoms with van der Waals surface area (Å²) in [6, 6.07) is 6.22. The molecule has 2 N–H and O–H groups in total. The summed E-state index contributed by atoms with van der Waals surface area (Å²) < 4.78 is 64.8. The summed E-state index contributed by atoms with van der Waals surface area (Å²) in [6.07, 6.45) is 0.932. The third-order valence-electron chi connectivity index (χ3n) is 3.66. The molecule has 0 aliphatic carbocycles. The highest BCUT2D eigenvalue weighted by Gasteiger charge is 2.25. The second-order valence-corrected chi connectivity index (χ2v) is 11.1. The first kappa shape index (κ1) is 23.4. The number of carbonyl (C=O) groups excluding carboxylic acids is 1. The van der Waals surface area contributed by atoms with E-state index in [0.29, 0.717) is 0 Å². The summed E-state index contributed by atoms with van der Waals surface area (Å²) in [5, 5.41) is 0.959. The van der Waals surface area contributed by atoms with Crippen LogP contribution in [-0.4, -0.2) is 29.4 Å². The molecule has 2 heterocycles. The van der Waals surface area contributed by atoms with E-state index in [4.69, 9.17) is 32.4 Å². The van der Waals surface area contributed by atoms with E-state index in [1.54, 1.807) is 18.4 Å². The van der Waals surface area contributed by atoms with Crippen LogP contribution in [0.25, 0.3) is 0 Å². The number of benzene rings is 1. The molecule has 0 atom stereocenters. The van der Waals surface area contributed by atoms with E-state index in [1.165, 1.54) is 12.1 Å². The number of anilines is 2. The molecule has 0 radical (unpaired) electrons. The van der Waals surface area contributed by atoms with Crippen molar-refractivity contribution in [3.05, 3.63) is 57.6 Å². The lowest BCUT2D eigenvalue weighted by atomic mass is 10.3. The van der Waals surface area contributed by atoms with E-state index in [0.717, 1.165) is 29.7 Å². The minimum absolute atomic E-state index is 0.00362. The molecular weight excluding hydrogens is 511 g/mol. The summed E-state index contributed by atoms with van der Waals surface area (Å²) in [5.74, 6) is -0.758. The molecule has 3 aromatic rings. The second kappa shape index (κ2) is 9.09. The zero-order valence-electron chi connectivity index (χ0n) is 15.6. The van der Waals surface area contributed by atoms with Crippen molar-refractivity contribution in [2.45, 2.75) is 16.2 Å². The standard InChI is InChI=1S/C17H14Cl2N2O7S3/c1-2-27-17(22)10-6-15(28-9-10)30(23,24)20-13-7-11(18)12(19)8-14(13)21-31(25,26)16-4-3-5-29-16/h3-9,20-21H,2H2,1H3. The van der Waals surface area contributed by atoms with Gasteiger partial charge in [0.05, 0.1) is 33.6 Å². The highest BCUT2D eigenvalue weighted by Crippen LogP contribution is 2.35. The number of hydrogen-bond acceptors (Lipinski definition) is 8. The maximum absolute atomic E-state index is 12.7. The van der Waals surface area contributed by atoms with Crippen LogP contribution in [0.5, 0.6) is 0 Å². The number of ether oxygens (including phenoxy) is 1. The van der Waals surface area contributed by atoms with Crippen LogP contribution < -0.4 is 9.44 Å². The number of furan rings is 1. The summed E-state index contributed by atoms with van der Waals surface area (Å²) >= 11 is 12.9. The smallest absolute Gasteiger partial charge is 0.341 e. The third kappa shape index (κ3) is 5.33. The lowest BCUT2D eigenvalue weighted by molar-refractivity contribution is 0.0525. The molecule has 0 aliphatic heterocycles. The Bertz CT molecular complexity index is 1320. The topological polar surface area (TPSA) is 132 Å². The molecule has 0 saturated carbocycles. The largest absolute Gasteiger partial charge is 0.462 e. The van der Waals surface area contributed by atoms with Gasteiger partial charge >= 0.3 is 5.97 Å². The number of thiophene rings is 1. The van der Waals surface area contributed by atoms with E-state index < -0.39 is 31.1 Å². The molecule has 0 aliphatic rings. The minimum Gasteiger partial charge on any atom is -0.462 e. The molecule has 14 heteroatoms. The van der Waals surface area contributed by atoms with Crippen LogP contribution in [0.2, 0.25) is 10.0 Å². The molecule has 166 valence electrons. The zero-order chi connectivity index (χ0) is 22.8. The first-order valence-corrected chi connectivity index (χ1v) is 13.0. The molecule has 3 rings (SSSR count). The fourth-order valence-electron chi connectivity index (χ4n) is 2.30. The molecule has 0 spiro atoms. The Labute approximate surface area is 192 Å². The molecule has 0 amide bonds. The van der Waals surface area contributed by atoms with Crippen molar-refractivity contribution in [1.29, 1.82) is 0 Å². The number of hydrogen-bond donors (Lipinski definition) is 2. The number of rotatable bonds is 8. The van der Waals surface area contributed by atoms with Crippen molar-refractivity contribution in [2.24, 2.45) is 0 Å². The number of halogens is 2. The van der Waals surface area contributed by atoms with Gasteiger partial charge < -0.3 is 9.15 Å². The van der Waals surface area contributed by atoms with Crippen LogP contribution in [0.1, 0.15) is 17.3 Å². The van der Waals surface area contributed by atoms with Crippen molar-refractivity contribution < 1.29 is 30.8 Å². The Morgan fingerprint density at radius 3 is 2.23 bits per heavy atom. The first-order valence-electron chi connectivity index (χ1n) is 8.37. The minimum atomic E-state index is -4.36. The van der Waals surface area contributed by atoms with Gasteiger partial charge in [-0.2, -0.15) is 8.42 Å². The first-order chi connectivity index (χ1) is 14.5. The number of carbonyl (C=O) groups is 1. The monoisotopic (exact) mass is 524 g/mol. The molecular formula is C17H14Cl2N2O7S3. The van der Waals surface area contributed by atoms with Crippen molar-refractivity contribution in [2.75, 3.05) is 16.1 Å². The predicted octanol–water partition coefficient (Wildman–Crippen LogP) is 4.43. The fraction of sp³-hybridized carbons (Fsp3) is 0.118. The average molecular weight is 525 g/mol. The van der Waals surface area contributed by atoms with Gasteiger partial charge in [-0.3, -0.25) is 9.44 Å². The van der Waals surface area contributed by atoms with E-state index in [2.05, 4.69) is 9.44 Å². The molecule has 0 bridgehead atoms. The van der Waals surface area contributed by atoms with Gasteiger partial charge in [-0.05, 0) is 30.5 Å². The van der Waals surface area contributed by atoms with E-state index in [1.807, 2.05) is 0 Å². The molecule has 0 fully saturated rings. The van der Waals surface area contributed by atoms with Gasteiger partial charge in [0.15, 0.2) is 0 Å². The lowest BCUT2D eigenvalue weighted by Crippen LogP contribution is -2.17. The van der Waals surface area contributed by atoms with E-state index in [9.17, 15) is 21.6 Å². The highest BCUT2D eigenvalue weighted by molar-refractivity contribution is 7.94. The van der Waals surface area contributed by atoms with E-state index in [-0.39, 0.29) is 37.8 Å². The van der Waals surface area contributed by atoms with Crippen molar-refractivity contribution >= 4 is 71.9 Å². The van der Waals surface area contributed by atoms with Crippen LogP contribution in [0, 0.1) is 0 Å². The quantitative estimate of drug-likeness (QED) is 0.416. The molecule has 2 aromatic heterocycles. The molecule has 0 unspecified atom stereocenters. The predicted molar refractivity (Wildman–Crippen MR) is 117 cm³/mol. The Balaban J connectivity index is 1.95. The number of esters is 1. The van der Waals surface area contributed by atoms with Crippen LogP contribution in [0.15, 0.2) is 55.7 Å². The van der Waals surface area contributed by atoms with Gasteiger partial charge in [0.1, 0.15) is 10.5 Å². The molecule has 1 aromatic carbocycles. The average Bonchev–Trinajstić information content (AvgIpc) is 3.38. The van der Waals surface area contributed by atoms with Gasteiger partial charge in [0.2, 0.25) is 5.09 Å². The van der Waals surface area contributed by atoms with Crippen molar-refractivity contribution in [3.8, 4) is 0 Å². The summed E-state index contributed by atoms with van der Waals surface area (Å²) in [7, 11) is -8.37. The molecule has 0 saturated heterocycles. The zero-order valence-corrected chi connectivity index (χ0v) is 19.5. The van der Waals surface area contributed by atoms with Gasteiger partial charge in [-0.1, -0.05) is 29.3 Å². The Morgan fingerprint density at radius 1 is 1.06 bits per heavy atom. The summed E-state index contributed by atoms with van der Waals surface area (Å²) in [4.78, 5) is 11.7. The Kier molecular flexibility index (Phi) is 6.86. The second-order valence-electron chi connectivity index (χ2n) is 5.83. The maximum Gasteiger partial charge on any atom is 0.341 e. The number of nitrogens with one attached hydrogen (secondary N) is 2. The van der Waals surface area contributed by atoms with E-state index >= 15 is 0 Å². The van der Waals surface area contributed by atoms with Crippen LogP contribution in [0.4, 0.5) is 11.4 Å². The van der Waals surface area contributed by atoms with Crippen LogP contribution in [-0.2, 0) is 24.8 Å².